The molecule has 0 radical (unpaired) electrons. The molecule has 1 heterocycles. The monoisotopic (exact) mass is 267 g/mol. The Morgan fingerprint density at radius 2 is 1.80 bits per heavy atom. The highest BCUT2D eigenvalue weighted by Crippen LogP contribution is 2.34. The number of hydrogen-bond acceptors (Lipinski definition) is 2. The summed E-state index contributed by atoms with van der Waals surface area (Å²) in [7, 11) is 0. The molecule has 0 amide bonds. The number of aryl methyl sites for hydroxylation is 3. The summed E-state index contributed by atoms with van der Waals surface area (Å²) in [5.74, 6) is 0.944. The van der Waals surface area contributed by atoms with Gasteiger partial charge in [-0.1, -0.05) is 28.9 Å². The van der Waals surface area contributed by atoms with Gasteiger partial charge in [0.1, 0.15) is 5.69 Å². The SMILES string of the molecule is Cc1cc(C)c(-c2noc3c2CCCCC=C3)c(C)c1. The van der Waals surface area contributed by atoms with Crippen molar-refractivity contribution in [2.24, 2.45) is 0 Å². The molecule has 3 rings (SSSR count). The van der Waals surface area contributed by atoms with Gasteiger partial charge < -0.3 is 4.52 Å². The third-order valence-corrected chi connectivity index (χ3v) is 4.05. The van der Waals surface area contributed by atoms with E-state index >= 15 is 0 Å². The van der Waals surface area contributed by atoms with Gasteiger partial charge in [0.05, 0.1) is 0 Å². The molecule has 104 valence electrons. The quantitative estimate of drug-likeness (QED) is 0.726. The first-order valence-electron chi connectivity index (χ1n) is 7.40. The third kappa shape index (κ3) is 2.31. The Morgan fingerprint density at radius 1 is 1.05 bits per heavy atom. The molecular weight excluding hydrogens is 246 g/mol. The third-order valence-electron chi connectivity index (χ3n) is 4.05. The molecule has 0 bridgehead atoms. The molecule has 2 aromatic rings. The van der Waals surface area contributed by atoms with E-state index in [0.29, 0.717) is 0 Å². The van der Waals surface area contributed by atoms with E-state index in [4.69, 9.17) is 4.52 Å². The lowest BCUT2D eigenvalue weighted by Crippen LogP contribution is -1.96. The van der Waals surface area contributed by atoms with Crippen LogP contribution in [0.3, 0.4) is 0 Å². The normalized spacial score (nSPS) is 14.8. The topological polar surface area (TPSA) is 26.0 Å². The number of nitrogens with zero attached hydrogens (tertiary/aromatic N) is 1. The minimum absolute atomic E-state index is 0.944. The second kappa shape index (κ2) is 5.28. The Balaban J connectivity index is 2.16. The van der Waals surface area contributed by atoms with Crippen LogP contribution in [0.1, 0.15) is 47.3 Å². The van der Waals surface area contributed by atoms with Crippen LogP contribution in [0, 0.1) is 20.8 Å². The van der Waals surface area contributed by atoms with E-state index in [-0.39, 0.29) is 0 Å². The molecule has 2 nitrogen and oxygen atoms in total. The van der Waals surface area contributed by atoms with Crippen molar-refractivity contribution < 1.29 is 4.52 Å². The molecule has 1 aromatic carbocycles. The lowest BCUT2D eigenvalue weighted by Gasteiger charge is -2.11. The van der Waals surface area contributed by atoms with Crippen LogP contribution in [0.5, 0.6) is 0 Å². The molecule has 0 unspecified atom stereocenters. The molecule has 0 saturated carbocycles. The number of benzene rings is 1. The van der Waals surface area contributed by atoms with Crippen molar-refractivity contribution >= 4 is 6.08 Å². The van der Waals surface area contributed by atoms with Crippen LogP contribution >= 0.6 is 0 Å². The largest absolute Gasteiger partial charge is 0.356 e. The molecular formula is C18H21NO. The van der Waals surface area contributed by atoms with Crippen LogP contribution in [0.15, 0.2) is 22.7 Å². The number of hydrogen-bond donors (Lipinski definition) is 0. The van der Waals surface area contributed by atoms with Crippen molar-refractivity contribution in [2.45, 2.75) is 46.5 Å². The van der Waals surface area contributed by atoms with E-state index in [9.17, 15) is 0 Å². The van der Waals surface area contributed by atoms with Gasteiger partial charge >= 0.3 is 0 Å². The Morgan fingerprint density at radius 3 is 2.55 bits per heavy atom. The van der Waals surface area contributed by atoms with Crippen LogP contribution in [0.25, 0.3) is 17.3 Å². The van der Waals surface area contributed by atoms with Crippen LogP contribution in [0.4, 0.5) is 0 Å². The van der Waals surface area contributed by atoms with E-state index in [1.807, 2.05) is 0 Å². The van der Waals surface area contributed by atoms with Gasteiger partial charge in [0, 0.05) is 11.1 Å². The number of rotatable bonds is 1. The fraction of sp³-hybridized carbons (Fsp3) is 0.389. The van der Waals surface area contributed by atoms with Crippen molar-refractivity contribution in [1.29, 1.82) is 0 Å². The predicted octanol–water partition coefficient (Wildman–Crippen LogP) is 5.01. The van der Waals surface area contributed by atoms with E-state index in [1.165, 1.54) is 40.7 Å². The number of allylic oxidation sites excluding steroid dienone is 1. The van der Waals surface area contributed by atoms with Gasteiger partial charge in [0.25, 0.3) is 0 Å². The van der Waals surface area contributed by atoms with E-state index in [1.54, 1.807) is 0 Å². The van der Waals surface area contributed by atoms with Crippen molar-refractivity contribution in [1.82, 2.24) is 5.16 Å². The molecule has 2 heteroatoms. The van der Waals surface area contributed by atoms with Gasteiger partial charge in [-0.3, -0.25) is 0 Å². The fourth-order valence-corrected chi connectivity index (χ4v) is 3.20. The fourth-order valence-electron chi connectivity index (χ4n) is 3.20. The molecule has 1 aromatic heterocycles. The average molecular weight is 267 g/mol. The summed E-state index contributed by atoms with van der Waals surface area (Å²) in [4.78, 5) is 0. The average Bonchev–Trinajstić information content (AvgIpc) is 2.70. The van der Waals surface area contributed by atoms with Crippen molar-refractivity contribution in [3.8, 4) is 11.3 Å². The first-order valence-corrected chi connectivity index (χ1v) is 7.40. The Bertz CT molecular complexity index is 641. The molecule has 0 saturated heterocycles. The van der Waals surface area contributed by atoms with Gasteiger partial charge in [-0.15, -0.1) is 0 Å². The highest BCUT2D eigenvalue weighted by atomic mass is 16.5. The smallest absolute Gasteiger partial charge is 0.163 e. The second-order valence-corrected chi connectivity index (χ2v) is 5.80. The zero-order chi connectivity index (χ0) is 14.1. The summed E-state index contributed by atoms with van der Waals surface area (Å²) in [6, 6.07) is 4.45. The van der Waals surface area contributed by atoms with Gasteiger partial charge in [-0.05, 0) is 63.7 Å². The maximum absolute atomic E-state index is 5.58. The van der Waals surface area contributed by atoms with Gasteiger partial charge in [-0.25, -0.2) is 0 Å². The highest BCUT2D eigenvalue weighted by molar-refractivity contribution is 5.73. The zero-order valence-electron chi connectivity index (χ0n) is 12.5. The minimum atomic E-state index is 0.944. The molecule has 0 N–H and O–H groups in total. The lowest BCUT2D eigenvalue weighted by atomic mass is 9.92. The summed E-state index contributed by atoms with van der Waals surface area (Å²) in [5, 5.41) is 4.38. The van der Waals surface area contributed by atoms with Crippen molar-refractivity contribution in [3.63, 3.8) is 0 Å². The highest BCUT2D eigenvalue weighted by Gasteiger charge is 2.19. The molecule has 0 atom stereocenters. The number of aromatic nitrogens is 1. The lowest BCUT2D eigenvalue weighted by molar-refractivity contribution is 0.413. The van der Waals surface area contributed by atoms with Crippen LogP contribution < -0.4 is 0 Å². The summed E-state index contributed by atoms with van der Waals surface area (Å²) in [6.07, 6.45) is 8.93. The minimum Gasteiger partial charge on any atom is -0.356 e. The number of fused-ring (bicyclic) bond motifs is 1. The van der Waals surface area contributed by atoms with Crippen molar-refractivity contribution in [2.75, 3.05) is 0 Å². The molecule has 0 spiro atoms. The summed E-state index contributed by atoms with van der Waals surface area (Å²) in [5.41, 5.74) is 7.43. The van der Waals surface area contributed by atoms with Crippen LogP contribution in [-0.4, -0.2) is 5.16 Å². The van der Waals surface area contributed by atoms with E-state index in [2.05, 4.69) is 50.2 Å². The van der Waals surface area contributed by atoms with E-state index < -0.39 is 0 Å². The molecule has 1 aliphatic rings. The summed E-state index contributed by atoms with van der Waals surface area (Å²) in [6.45, 7) is 6.46. The standard InChI is InChI=1S/C18H21NO/c1-12-10-13(2)17(14(3)11-12)18-15-8-6-4-5-7-9-16(15)20-19-18/h7,9-11H,4-6,8H2,1-3H3. The van der Waals surface area contributed by atoms with Crippen LogP contribution in [0.2, 0.25) is 0 Å². The Labute approximate surface area is 120 Å². The van der Waals surface area contributed by atoms with Crippen molar-refractivity contribution in [3.05, 3.63) is 46.2 Å². The maximum Gasteiger partial charge on any atom is 0.163 e. The van der Waals surface area contributed by atoms with E-state index in [0.717, 1.165) is 24.3 Å². The Kier molecular flexibility index (Phi) is 3.47. The first-order chi connectivity index (χ1) is 9.66. The van der Waals surface area contributed by atoms with Crippen LogP contribution in [-0.2, 0) is 6.42 Å². The molecule has 0 aliphatic heterocycles. The predicted molar refractivity (Wildman–Crippen MR) is 82.7 cm³/mol. The molecule has 1 aliphatic carbocycles. The van der Waals surface area contributed by atoms with Gasteiger partial charge in [0.15, 0.2) is 5.76 Å². The maximum atomic E-state index is 5.58. The first kappa shape index (κ1) is 13.2. The zero-order valence-corrected chi connectivity index (χ0v) is 12.5. The second-order valence-electron chi connectivity index (χ2n) is 5.80. The summed E-state index contributed by atoms with van der Waals surface area (Å²) < 4.78 is 5.58. The molecule has 20 heavy (non-hydrogen) atoms. The Hall–Kier alpha value is -1.83. The van der Waals surface area contributed by atoms with Gasteiger partial charge in [-0.2, -0.15) is 0 Å². The van der Waals surface area contributed by atoms with Gasteiger partial charge in [0.2, 0.25) is 0 Å². The summed E-state index contributed by atoms with van der Waals surface area (Å²) >= 11 is 0. The molecule has 0 fully saturated rings.